The zero-order valence-corrected chi connectivity index (χ0v) is 20.5. The number of carbonyl (C=O) groups excluding carboxylic acids is 2. The predicted octanol–water partition coefficient (Wildman–Crippen LogP) is 2.67. The first-order valence-corrected chi connectivity index (χ1v) is 12.2. The number of methoxy groups -OCH3 is 1. The van der Waals surface area contributed by atoms with Gasteiger partial charge in [-0.05, 0) is 67.7 Å². The Bertz CT molecular complexity index is 1070. The molecule has 0 saturated carbocycles. The Hall–Kier alpha value is -3.22. The largest absolute Gasteiger partial charge is 0.494 e. The highest BCUT2D eigenvalue weighted by atomic mass is 32.2. The first-order valence-electron chi connectivity index (χ1n) is 10.3. The van der Waals surface area contributed by atoms with Crippen molar-refractivity contribution in [1.29, 1.82) is 0 Å². The van der Waals surface area contributed by atoms with Gasteiger partial charge in [-0.15, -0.1) is 0 Å². The molecule has 3 N–H and O–H groups in total. The molecule has 0 saturated heterocycles. The van der Waals surface area contributed by atoms with E-state index in [2.05, 4.69) is 15.4 Å². The maximum atomic E-state index is 12.6. The molecule has 1 amide bonds. The SMILES string of the molecule is CCOc1ccc(NS(=O)(=O)c2ccc(NC(=S)NC(=O)CCC(=O)OCCOC)cc2)cc1. The number of nitrogens with one attached hydrogen (secondary N) is 3. The van der Waals surface area contributed by atoms with Crippen LogP contribution >= 0.6 is 12.2 Å². The van der Waals surface area contributed by atoms with Crippen molar-refractivity contribution >= 4 is 50.6 Å². The second-order valence-corrected chi connectivity index (χ2v) is 8.89. The molecule has 0 unspecified atom stereocenters. The fourth-order valence-corrected chi connectivity index (χ4v) is 3.89. The van der Waals surface area contributed by atoms with Crippen molar-refractivity contribution < 1.29 is 32.2 Å². The summed E-state index contributed by atoms with van der Waals surface area (Å²) in [5.74, 6) is -0.326. The molecule has 12 heteroatoms. The number of anilines is 2. The van der Waals surface area contributed by atoms with Crippen molar-refractivity contribution in [2.45, 2.75) is 24.7 Å². The summed E-state index contributed by atoms with van der Waals surface area (Å²) in [7, 11) is -2.31. The third-order valence-electron chi connectivity index (χ3n) is 4.20. The molecular weight excluding hydrogens is 482 g/mol. The topological polar surface area (TPSA) is 132 Å². The Morgan fingerprint density at radius 1 is 0.941 bits per heavy atom. The van der Waals surface area contributed by atoms with Crippen LogP contribution in [0.3, 0.4) is 0 Å². The quantitative estimate of drug-likeness (QED) is 0.224. The molecule has 10 nitrogen and oxygen atoms in total. The summed E-state index contributed by atoms with van der Waals surface area (Å²) in [4.78, 5) is 23.5. The summed E-state index contributed by atoms with van der Waals surface area (Å²) in [6, 6.07) is 12.4. The van der Waals surface area contributed by atoms with Crippen LogP contribution in [0.5, 0.6) is 5.75 Å². The average Bonchev–Trinajstić information content (AvgIpc) is 2.79. The number of rotatable bonds is 12. The van der Waals surface area contributed by atoms with Gasteiger partial charge in [0.25, 0.3) is 10.0 Å². The third-order valence-corrected chi connectivity index (χ3v) is 5.80. The molecule has 0 aromatic heterocycles. The second-order valence-electron chi connectivity index (χ2n) is 6.80. The Labute approximate surface area is 204 Å². The highest BCUT2D eigenvalue weighted by Crippen LogP contribution is 2.20. The minimum Gasteiger partial charge on any atom is -0.494 e. The molecule has 184 valence electrons. The number of thiocarbonyl (C=S) groups is 1. The molecule has 0 radical (unpaired) electrons. The molecule has 2 aromatic carbocycles. The fraction of sp³-hybridized carbons (Fsp3) is 0.318. The Balaban J connectivity index is 1.84. The van der Waals surface area contributed by atoms with Gasteiger partial charge in [-0.3, -0.25) is 14.3 Å². The van der Waals surface area contributed by atoms with Gasteiger partial charge < -0.3 is 24.8 Å². The molecule has 0 aliphatic rings. The number of hydrogen-bond acceptors (Lipinski definition) is 8. The standard InChI is InChI=1S/C22H27N3O7S2/c1-3-31-18-8-4-17(5-9-18)25-34(28,29)19-10-6-16(7-11-19)23-22(33)24-20(26)12-13-21(27)32-15-14-30-2/h4-11,25H,3,12-15H2,1-2H3,(H2,23,24,26,33). The van der Waals surface area contributed by atoms with Crippen molar-refractivity contribution in [1.82, 2.24) is 5.32 Å². The Morgan fingerprint density at radius 2 is 1.59 bits per heavy atom. The second kappa shape index (κ2) is 13.5. The van der Waals surface area contributed by atoms with Gasteiger partial charge in [0.15, 0.2) is 5.11 Å². The summed E-state index contributed by atoms with van der Waals surface area (Å²) < 4.78 is 42.7. The van der Waals surface area contributed by atoms with E-state index in [1.807, 2.05) is 6.92 Å². The van der Waals surface area contributed by atoms with Crippen LogP contribution < -0.4 is 20.1 Å². The maximum absolute atomic E-state index is 12.6. The number of amides is 1. The van der Waals surface area contributed by atoms with Crippen molar-refractivity contribution in [3.63, 3.8) is 0 Å². The van der Waals surface area contributed by atoms with Gasteiger partial charge in [0, 0.05) is 24.9 Å². The van der Waals surface area contributed by atoms with E-state index in [-0.39, 0.29) is 36.1 Å². The zero-order chi connectivity index (χ0) is 25.0. The van der Waals surface area contributed by atoms with Crippen LogP contribution in [0.1, 0.15) is 19.8 Å². The molecule has 0 heterocycles. The maximum Gasteiger partial charge on any atom is 0.306 e. The van der Waals surface area contributed by atoms with E-state index < -0.39 is 21.9 Å². The van der Waals surface area contributed by atoms with Gasteiger partial charge in [-0.2, -0.15) is 0 Å². The lowest BCUT2D eigenvalue weighted by atomic mass is 10.3. The molecule has 0 aliphatic carbocycles. The van der Waals surface area contributed by atoms with Crippen LogP contribution in [0.2, 0.25) is 0 Å². The van der Waals surface area contributed by atoms with Crippen LogP contribution in [0.4, 0.5) is 11.4 Å². The monoisotopic (exact) mass is 509 g/mol. The van der Waals surface area contributed by atoms with Gasteiger partial charge in [-0.1, -0.05) is 0 Å². The Morgan fingerprint density at radius 3 is 2.21 bits per heavy atom. The van der Waals surface area contributed by atoms with Crippen molar-refractivity contribution in [3.8, 4) is 5.75 Å². The van der Waals surface area contributed by atoms with Crippen LogP contribution in [-0.4, -0.2) is 52.3 Å². The number of hydrogen-bond donors (Lipinski definition) is 3. The van der Waals surface area contributed by atoms with Gasteiger partial charge >= 0.3 is 5.97 Å². The first kappa shape index (κ1) is 27.0. The summed E-state index contributed by atoms with van der Waals surface area (Å²) >= 11 is 5.08. The zero-order valence-electron chi connectivity index (χ0n) is 18.8. The molecule has 0 fully saturated rings. The minimum atomic E-state index is -3.80. The summed E-state index contributed by atoms with van der Waals surface area (Å²) in [5.41, 5.74) is 0.876. The van der Waals surface area contributed by atoms with Crippen molar-refractivity contribution in [3.05, 3.63) is 48.5 Å². The number of carbonyl (C=O) groups is 2. The smallest absolute Gasteiger partial charge is 0.306 e. The molecule has 34 heavy (non-hydrogen) atoms. The molecular formula is C22H27N3O7S2. The van der Waals surface area contributed by atoms with Crippen molar-refractivity contribution in [2.75, 3.05) is 37.0 Å². The van der Waals surface area contributed by atoms with Crippen LogP contribution in [0.15, 0.2) is 53.4 Å². The number of esters is 1. The van der Waals surface area contributed by atoms with E-state index in [1.54, 1.807) is 24.3 Å². The van der Waals surface area contributed by atoms with Crippen molar-refractivity contribution in [2.24, 2.45) is 0 Å². The van der Waals surface area contributed by atoms with E-state index in [1.165, 1.54) is 31.4 Å². The first-order chi connectivity index (χ1) is 16.2. The third kappa shape index (κ3) is 9.33. The van der Waals surface area contributed by atoms with E-state index in [9.17, 15) is 18.0 Å². The molecule has 0 aliphatic heterocycles. The van der Waals surface area contributed by atoms with E-state index >= 15 is 0 Å². The minimum absolute atomic E-state index is 0.0147. The fourth-order valence-electron chi connectivity index (χ4n) is 2.60. The van der Waals surface area contributed by atoms with Gasteiger partial charge in [0.2, 0.25) is 5.91 Å². The molecule has 0 spiro atoms. The highest BCUT2D eigenvalue weighted by Gasteiger charge is 2.15. The van der Waals surface area contributed by atoms with E-state index in [0.29, 0.717) is 23.7 Å². The number of benzene rings is 2. The van der Waals surface area contributed by atoms with Crippen LogP contribution in [-0.2, 0) is 29.1 Å². The average molecular weight is 510 g/mol. The molecule has 0 bridgehead atoms. The molecule has 2 rings (SSSR count). The molecule has 2 aromatic rings. The Kier molecular flexibility index (Phi) is 10.7. The molecule has 0 atom stereocenters. The highest BCUT2D eigenvalue weighted by molar-refractivity contribution is 7.92. The van der Waals surface area contributed by atoms with Gasteiger partial charge in [-0.25, -0.2) is 8.42 Å². The lowest BCUT2D eigenvalue weighted by Gasteiger charge is -2.12. The lowest BCUT2D eigenvalue weighted by molar-refractivity contribution is -0.146. The number of sulfonamides is 1. The van der Waals surface area contributed by atoms with Gasteiger partial charge in [0.05, 0.1) is 24.5 Å². The summed E-state index contributed by atoms with van der Waals surface area (Å²) in [6.07, 6.45) is -0.186. The van der Waals surface area contributed by atoms with Gasteiger partial charge in [0.1, 0.15) is 12.4 Å². The van der Waals surface area contributed by atoms with Crippen LogP contribution in [0, 0.1) is 0 Å². The van der Waals surface area contributed by atoms with Crippen LogP contribution in [0.25, 0.3) is 0 Å². The number of ether oxygens (including phenoxy) is 3. The summed E-state index contributed by atoms with van der Waals surface area (Å²) in [5, 5.41) is 5.25. The lowest BCUT2D eigenvalue weighted by Crippen LogP contribution is -2.34. The van der Waals surface area contributed by atoms with E-state index in [0.717, 1.165) is 0 Å². The van der Waals surface area contributed by atoms with E-state index in [4.69, 9.17) is 26.4 Å². The normalized spacial score (nSPS) is 10.8. The predicted molar refractivity (Wildman–Crippen MR) is 131 cm³/mol. The summed E-state index contributed by atoms with van der Waals surface area (Å²) in [6.45, 7) is 2.78.